The number of hydrogen-bond acceptors (Lipinski definition) is 4. The third kappa shape index (κ3) is 2.35. The van der Waals surface area contributed by atoms with E-state index in [0.717, 1.165) is 5.69 Å². The van der Waals surface area contributed by atoms with E-state index in [1.54, 1.807) is 12.1 Å². The molecule has 12 heavy (non-hydrogen) atoms. The molecule has 0 unspecified atom stereocenters. The van der Waals surface area contributed by atoms with Crippen LogP contribution in [0.4, 0.5) is 5.69 Å². The lowest BCUT2D eigenvalue weighted by Gasteiger charge is -2.00. The summed E-state index contributed by atoms with van der Waals surface area (Å²) in [5.74, 6) is -0.917. The minimum atomic E-state index is -0.917. The molecule has 64 valence electrons. The van der Waals surface area contributed by atoms with E-state index >= 15 is 0 Å². The number of aromatic carboxylic acids is 1. The number of carboxylic acid groups (broad SMARTS) is 1. The van der Waals surface area contributed by atoms with Gasteiger partial charge in [-0.05, 0) is 24.3 Å². The first-order valence-corrected chi connectivity index (χ1v) is 5.00. The lowest BCUT2D eigenvalue weighted by atomic mass is 10.2. The van der Waals surface area contributed by atoms with Crippen molar-refractivity contribution in [3.05, 3.63) is 29.8 Å². The van der Waals surface area contributed by atoms with Crippen molar-refractivity contribution in [1.29, 1.82) is 0 Å². The van der Waals surface area contributed by atoms with E-state index in [-0.39, 0.29) is 5.56 Å². The van der Waals surface area contributed by atoms with Crippen LogP contribution in [0.25, 0.3) is 0 Å². The number of anilines is 1. The summed E-state index contributed by atoms with van der Waals surface area (Å²) in [6.07, 6.45) is 0. The van der Waals surface area contributed by atoms with Gasteiger partial charge < -0.3 is 9.83 Å². The van der Waals surface area contributed by atoms with Gasteiger partial charge in [-0.1, -0.05) is 11.7 Å². The predicted molar refractivity (Wildman–Crippen MR) is 53.6 cm³/mol. The van der Waals surface area contributed by atoms with Crippen LogP contribution in [-0.2, 0) is 0 Å². The van der Waals surface area contributed by atoms with Crippen LogP contribution in [0, 0.1) is 0 Å². The normalized spacial score (nSPS) is 9.42. The monoisotopic (exact) mass is 201 g/mol. The molecule has 0 amide bonds. The zero-order chi connectivity index (χ0) is 8.97. The average Bonchev–Trinajstić information content (AvgIpc) is 2.06. The topological polar surface area (TPSA) is 49.3 Å². The van der Waals surface area contributed by atoms with Gasteiger partial charge in [0.2, 0.25) is 0 Å². The SMILES string of the molecule is O=C(O)c1ccc(NSS)cc1. The molecule has 1 aromatic rings. The maximum Gasteiger partial charge on any atom is 0.335 e. The molecule has 0 radical (unpaired) electrons. The van der Waals surface area contributed by atoms with E-state index in [2.05, 4.69) is 16.4 Å². The molecule has 0 aliphatic carbocycles. The van der Waals surface area contributed by atoms with Crippen LogP contribution in [-0.4, -0.2) is 11.1 Å². The molecule has 0 saturated carbocycles. The van der Waals surface area contributed by atoms with E-state index in [1.165, 1.54) is 23.1 Å². The van der Waals surface area contributed by atoms with Crippen LogP contribution in [0.15, 0.2) is 24.3 Å². The van der Waals surface area contributed by atoms with Crippen LogP contribution < -0.4 is 4.72 Å². The summed E-state index contributed by atoms with van der Waals surface area (Å²) in [7, 11) is 1.17. The Morgan fingerprint density at radius 3 is 2.42 bits per heavy atom. The van der Waals surface area contributed by atoms with Gasteiger partial charge in [-0.3, -0.25) is 0 Å². The Labute approximate surface area is 79.1 Å². The lowest BCUT2D eigenvalue weighted by Crippen LogP contribution is -1.95. The van der Waals surface area contributed by atoms with Gasteiger partial charge in [-0.15, -0.1) is 0 Å². The summed E-state index contributed by atoms with van der Waals surface area (Å²) >= 11 is 3.89. The smallest absolute Gasteiger partial charge is 0.335 e. The second kappa shape index (κ2) is 4.27. The number of benzene rings is 1. The van der Waals surface area contributed by atoms with E-state index in [4.69, 9.17) is 5.11 Å². The van der Waals surface area contributed by atoms with Crippen molar-refractivity contribution < 1.29 is 9.90 Å². The Kier molecular flexibility index (Phi) is 3.31. The van der Waals surface area contributed by atoms with Crippen LogP contribution in [0.3, 0.4) is 0 Å². The Balaban J connectivity index is 2.78. The summed E-state index contributed by atoms with van der Waals surface area (Å²) in [4.78, 5) is 10.4. The standard InChI is InChI=1S/C7H7NO2S2/c9-7(10)5-1-3-6(4-2-5)8-12-11/h1-4,8,11H,(H,9,10). The molecule has 1 aromatic carbocycles. The minimum Gasteiger partial charge on any atom is -0.478 e. The molecule has 0 bridgehead atoms. The second-order valence-electron chi connectivity index (χ2n) is 2.08. The number of nitrogens with one attached hydrogen (secondary N) is 1. The molecule has 0 aliphatic rings. The highest BCUT2D eigenvalue weighted by atomic mass is 33.1. The molecule has 0 heterocycles. The van der Waals surface area contributed by atoms with Crippen LogP contribution in [0.2, 0.25) is 0 Å². The molecule has 2 N–H and O–H groups in total. The number of rotatable bonds is 3. The lowest BCUT2D eigenvalue weighted by molar-refractivity contribution is 0.0697. The third-order valence-electron chi connectivity index (χ3n) is 1.30. The number of hydrogen-bond donors (Lipinski definition) is 3. The van der Waals surface area contributed by atoms with Crippen LogP contribution in [0.5, 0.6) is 0 Å². The minimum absolute atomic E-state index is 0.282. The zero-order valence-corrected chi connectivity index (χ0v) is 7.73. The summed E-state index contributed by atoms with van der Waals surface area (Å²) in [5.41, 5.74) is 1.12. The highest BCUT2D eigenvalue weighted by Gasteiger charge is 2.00. The summed E-state index contributed by atoms with van der Waals surface area (Å²) in [6, 6.07) is 6.45. The summed E-state index contributed by atoms with van der Waals surface area (Å²) in [5, 5.41) is 8.56. The first-order valence-electron chi connectivity index (χ1n) is 3.14. The van der Waals surface area contributed by atoms with E-state index < -0.39 is 5.97 Å². The Bertz CT molecular complexity index is 273. The fourth-order valence-corrected chi connectivity index (χ4v) is 1.29. The van der Waals surface area contributed by atoms with E-state index in [1.807, 2.05) is 0 Å². The van der Waals surface area contributed by atoms with Crippen molar-refractivity contribution >= 4 is 34.3 Å². The highest BCUT2D eigenvalue weighted by Crippen LogP contribution is 2.15. The van der Waals surface area contributed by atoms with E-state index in [9.17, 15) is 4.79 Å². The van der Waals surface area contributed by atoms with Crippen molar-refractivity contribution in [2.45, 2.75) is 0 Å². The Morgan fingerprint density at radius 1 is 1.42 bits per heavy atom. The first kappa shape index (κ1) is 9.28. The molecule has 0 saturated heterocycles. The van der Waals surface area contributed by atoms with Gasteiger partial charge in [0.25, 0.3) is 0 Å². The third-order valence-corrected chi connectivity index (χ3v) is 1.90. The van der Waals surface area contributed by atoms with Gasteiger partial charge in [0.05, 0.1) is 5.56 Å². The van der Waals surface area contributed by atoms with Gasteiger partial charge in [0.1, 0.15) is 0 Å². The number of thiol groups is 1. The average molecular weight is 201 g/mol. The molecule has 0 fully saturated rings. The van der Waals surface area contributed by atoms with Gasteiger partial charge in [-0.2, -0.15) is 0 Å². The molecule has 0 aromatic heterocycles. The van der Waals surface area contributed by atoms with Crippen molar-refractivity contribution in [3.8, 4) is 0 Å². The van der Waals surface area contributed by atoms with Gasteiger partial charge in [-0.25, -0.2) is 4.79 Å². The molecule has 3 nitrogen and oxygen atoms in total. The van der Waals surface area contributed by atoms with Gasteiger partial charge in [0, 0.05) is 16.7 Å². The first-order chi connectivity index (χ1) is 5.74. The molecule has 5 heteroatoms. The molecule has 0 atom stereocenters. The quantitative estimate of drug-likeness (QED) is 0.399. The van der Waals surface area contributed by atoms with Crippen LogP contribution in [0.1, 0.15) is 10.4 Å². The maximum absolute atomic E-state index is 10.4. The maximum atomic E-state index is 10.4. The van der Waals surface area contributed by atoms with E-state index in [0.29, 0.717) is 0 Å². The molecular weight excluding hydrogens is 194 g/mol. The van der Waals surface area contributed by atoms with Crippen molar-refractivity contribution in [3.63, 3.8) is 0 Å². The molecule has 0 aliphatic heterocycles. The fourth-order valence-electron chi connectivity index (χ4n) is 0.734. The Hall–Kier alpha value is -0.810. The van der Waals surface area contributed by atoms with Crippen LogP contribution >= 0.6 is 22.6 Å². The summed E-state index contributed by atoms with van der Waals surface area (Å²) < 4.78 is 2.86. The Morgan fingerprint density at radius 2 is 2.00 bits per heavy atom. The number of carboxylic acids is 1. The zero-order valence-electron chi connectivity index (χ0n) is 6.02. The predicted octanol–water partition coefficient (Wildman–Crippen LogP) is 2.29. The number of carbonyl (C=O) groups is 1. The second-order valence-corrected chi connectivity index (χ2v) is 3.01. The van der Waals surface area contributed by atoms with Crippen molar-refractivity contribution in [1.82, 2.24) is 0 Å². The van der Waals surface area contributed by atoms with Gasteiger partial charge >= 0.3 is 5.97 Å². The highest BCUT2D eigenvalue weighted by molar-refractivity contribution is 8.69. The fraction of sp³-hybridized carbons (Fsp3) is 0. The molecular formula is C7H7NO2S2. The molecule has 1 rings (SSSR count). The largest absolute Gasteiger partial charge is 0.478 e. The summed E-state index contributed by atoms with van der Waals surface area (Å²) in [6.45, 7) is 0. The van der Waals surface area contributed by atoms with Gasteiger partial charge in [0.15, 0.2) is 0 Å². The van der Waals surface area contributed by atoms with Crippen molar-refractivity contribution in [2.24, 2.45) is 0 Å². The molecule has 0 spiro atoms. The van der Waals surface area contributed by atoms with Crippen molar-refractivity contribution in [2.75, 3.05) is 4.72 Å².